The van der Waals surface area contributed by atoms with Crippen molar-refractivity contribution in [3.05, 3.63) is 12.0 Å². The monoisotopic (exact) mass is 243 g/mol. The highest BCUT2D eigenvalue weighted by atomic mass is 32.2. The van der Waals surface area contributed by atoms with Crippen molar-refractivity contribution in [2.75, 3.05) is 0 Å². The summed E-state index contributed by atoms with van der Waals surface area (Å²) < 4.78 is 26.5. The van der Waals surface area contributed by atoms with E-state index >= 15 is 0 Å². The number of H-pyrrole nitrogens is 1. The number of rotatable bonds is 5. The molecule has 1 saturated carbocycles. The molecule has 0 aliphatic heterocycles. The Morgan fingerprint density at radius 2 is 2.31 bits per heavy atom. The molecule has 0 saturated heterocycles. The largest absolute Gasteiger partial charge is 0.332 e. The molecule has 1 aliphatic carbocycles. The lowest BCUT2D eigenvalue weighted by molar-refractivity contribution is 0.535. The van der Waals surface area contributed by atoms with Gasteiger partial charge in [-0.15, -0.1) is 0 Å². The summed E-state index contributed by atoms with van der Waals surface area (Å²) in [6, 6.07) is 0.0124. The second-order valence-corrected chi connectivity index (χ2v) is 5.98. The Labute approximate surface area is 95.7 Å². The third kappa shape index (κ3) is 2.44. The first-order valence-corrected chi connectivity index (χ1v) is 7.07. The van der Waals surface area contributed by atoms with Gasteiger partial charge in [-0.3, -0.25) is 0 Å². The Bertz CT molecular complexity index is 462. The quantitative estimate of drug-likeness (QED) is 0.811. The summed E-state index contributed by atoms with van der Waals surface area (Å²) in [6.07, 6.45) is 4.31. The van der Waals surface area contributed by atoms with Gasteiger partial charge in [0.05, 0.1) is 6.20 Å². The van der Waals surface area contributed by atoms with Crippen LogP contribution in [0, 0.1) is 5.92 Å². The summed E-state index contributed by atoms with van der Waals surface area (Å²) in [7, 11) is -3.42. The predicted molar refractivity (Wildman–Crippen MR) is 60.5 cm³/mol. The molecule has 0 aromatic carbocycles. The first kappa shape index (κ1) is 11.6. The molecule has 16 heavy (non-hydrogen) atoms. The number of hydrogen-bond donors (Lipinski definition) is 2. The summed E-state index contributed by atoms with van der Waals surface area (Å²) in [5.41, 5.74) is 0. The number of aromatic amines is 1. The van der Waals surface area contributed by atoms with Crippen LogP contribution in [-0.2, 0) is 16.4 Å². The van der Waals surface area contributed by atoms with E-state index in [1.54, 1.807) is 0 Å². The SMILES string of the molecule is CCc1ncc(S(=O)(=O)NC(C)C2CC2)[nH]1. The molecule has 1 unspecified atom stereocenters. The zero-order chi connectivity index (χ0) is 11.8. The van der Waals surface area contributed by atoms with E-state index in [0.29, 0.717) is 18.2 Å². The lowest BCUT2D eigenvalue weighted by Crippen LogP contribution is -2.34. The van der Waals surface area contributed by atoms with Gasteiger partial charge in [0.25, 0.3) is 10.0 Å². The van der Waals surface area contributed by atoms with Crippen molar-refractivity contribution in [2.45, 2.75) is 44.2 Å². The van der Waals surface area contributed by atoms with Crippen LogP contribution in [-0.4, -0.2) is 24.4 Å². The number of aryl methyl sites for hydroxylation is 1. The maximum atomic E-state index is 11.9. The summed E-state index contributed by atoms with van der Waals surface area (Å²) in [6.45, 7) is 3.84. The van der Waals surface area contributed by atoms with Gasteiger partial charge in [0.1, 0.15) is 5.82 Å². The molecule has 5 nitrogen and oxygen atoms in total. The van der Waals surface area contributed by atoms with Gasteiger partial charge in [-0.1, -0.05) is 6.92 Å². The number of nitrogens with one attached hydrogen (secondary N) is 2. The van der Waals surface area contributed by atoms with Gasteiger partial charge in [0.2, 0.25) is 0 Å². The highest BCUT2D eigenvalue weighted by molar-refractivity contribution is 7.89. The van der Waals surface area contributed by atoms with Gasteiger partial charge in [0.15, 0.2) is 5.03 Å². The van der Waals surface area contributed by atoms with Gasteiger partial charge in [-0.05, 0) is 25.7 Å². The maximum absolute atomic E-state index is 11.9. The fourth-order valence-corrected chi connectivity index (χ4v) is 2.91. The molecular weight excluding hydrogens is 226 g/mol. The van der Waals surface area contributed by atoms with Crippen molar-refractivity contribution in [1.82, 2.24) is 14.7 Å². The molecule has 2 rings (SSSR count). The Kier molecular flexibility index (Phi) is 3.03. The first-order valence-electron chi connectivity index (χ1n) is 5.59. The molecular formula is C10H17N3O2S. The second kappa shape index (κ2) is 4.18. The minimum atomic E-state index is -3.42. The maximum Gasteiger partial charge on any atom is 0.257 e. The van der Waals surface area contributed by atoms with Crippen LogP contribution in [0.4, 0.5) is 0 Å². The molecule has 1 fully saturated rings. The van der Waals surface area contributed by atoms with Crippen molar-refractivity contribution in [2.24, 2.45) is 5.92 Å². The summed E-state index contributed by atoms with van der Waals surface area (Å²) in [5.74, 6) is 1.20. The van der Waals surface area contributed by atoms with Crippen LogP contribution in [0.15, 0.2) is 11.2 Å². The van der Waals surface area contributed by atoms with E-state index in [-0.39, 0.29) is 11.1 Å². The smallest absolute Gasteiger partial charge is 0.257 e. The fourth-order valence-electron chi connectivity index (χ4n) is 1.66. The van der Waals surface area contributed by atoms with E-state index < -0.39 is 10.0 Å². The molecule has 0 amide bonds. The van der Waals surface area contributed by atoms with Gasteiger partial charge in [-0.25, -0.2) is 18.1 Å². The minimum Gasteiger partial charge on any atom is -0.332 e. The van der Waals surface area contributed by atoms with Crippen LogP contribution in [0.3, 0.4) is 0 Å². The molecule has 2 N–H and O–H groups in total. The molecule has 0 bridgehead atoms. The summed E-state index contributed by atoms with van der Waals surface area (Å²) in [4.78, 5) is 6.80. The first-order chi connectivity index (χ1) is 7.53. The van der Waals surface area contributed by atoms with E-state index in [0.717, 1.165) is 12.8 Å². The molecule has 0 spiro atoms. The van der Waals surface area contributed by atoms with Crippen LogP contribution >= 0.6 is 0 Å². The molecule has 1 heterocycles. The lowest BCUT2D eigenvalue weighted by atomic mass is 10.2. The molecule has 1 aliphatic rings. The van der Waals surface area contributed by atoms with Crippen molar-refractivity contribution >= 4 is 10.0 Å². The molecule has 1 atom stereocenters. The van der Waals surface area contributed by atoms with Crippen molar-refractivity contribution in [3.8, 4) is 0 Å². The van der Waals surface area contributed by atoms with E-state index in [1.807, 2.05) is 13.8 Å². The third-order valence-corrected chi connectivity index (χ3v) is 4.37. The second-order valence-electron chi connectivity index (χ2n) is 4.30. The Hall–Kier alpha value is -0.880. The zero-order valence-electron chi connectivity index (χ0n) is 9.53. The van der Waals surface area contributed by atoms with E-state index in [4.69, 9.17) is 0 Å². The van der Waals surface area contributed by atoms with Crippen molar-refractivity contribution in [1.29, 1.82) is 0 Å². The van der Waals surface area contributed by atoms with E-state index in [2.05, 4.69) is 14.7 Å². The third-order valence-electron chi connectivity index (χ3n) is 2.90. The Morgan fingerprint density at radius 3 is 2.81 bits per heavy atom. The van der Waals surface area contributed by atoms with Crippen LogP contribution < -0.4 is 4.72 Å². The number of hydrogen-bond acceptors (Lipinski definition) is 3. The standard InChI is InChI=1S/C10H17N3O2S/c1-3-9-11-6-10(12-9)16(14,15)13-7(2)8-4-5-8/h6-8,13H,3-5H2,1-2H3,(H,11,12). The summed E-state index contributed by atoms with van der Waals surface area (Å²) >= 11 is 0. The average molecular weight is 243 g/mol. The zero-order valence-corrected chi connectivity index (χ0v) is 10.3. The number of sulfonamides is 1. The van der Waals surface area contributed by atoms with Gasteiger partial charge in [0, 0.05) is 12.5 Å². The Morgan fingerprint density at radius 1 is 1.62 bits per heavy atom. The van der Waals surface area contributed by atoms with Crippen molar-refractivity contribution < 1.29 is 8.42 Å². The molecule has 1 aromatic heterocycles. The van der Waals surface area contributed by atoms with Crippen LogP contribution in [0.1, 0.15) is 32.5 Å². The minimum absolute atomic E-state index is 0.0124. The lowest BCUT2D eigenvalue weighted by Gasteiger charge is -2.11. The molecule has 1 aromatic rings. The summed E-state index contributed by atoms with van der Waals surface area (Å²) in [5, 5.41) is 0.164. The average Bonchev–Trinajstić information content (AvgIpc) is 2.95. The normalized spacial score (nSPS) is 18.6. The number of aromatic nitrogens is 2. The molecule has 6 heteroatoms. The fraction of sp³-hybridized carbons (Fsp3) is 0.700. The topological polar surface area (TPSA) is 74.8 Å². The van der Waals surface area contributed by atoms with Crippen molar-refractivity contribution in [3.63, 3.8) is 0 Å². The van der Waals surface area contributed by atoms with E-state index in [1.165, 1.54) is 6.20 Å². The van der Waals surface area contributed by atoms with Crippen LogP contribution in [0.5, 0.6) is 0 Å². The van der Waals surface area contributed by atoms with Crippen LogP contribution in [0.2, 0.25) is 0 Å². The highest BCUT2D eigenvalue weighted by Gasteiger charge is 2.31. The van der Waals surface area contributed by atoms with Gasteiger partial charge >= 0.3 is 0 Å². The molecule has 90 valence electrons. The molecule has 0 radical (unpaired) electrons. The van der Waals surface area contributed by atoms with Gasteiger partial charge in [-0.2, -0.15) is 0 Å². The van der Waals surface area contributed by atoms with Gasteiger partial charge < -0.3 is 4.98 Å². The van der Waals surface area contributed by atoms with E-state index in [9.17, 15) is 8.42 Å². The number of imidazole rings is 1. The Balaban J connectivity index is 2.11. The number of nitrogens with zero attached hydrogens (tertiary/aromatic N) is 1. The van der Waals surface area contributed by atoms with Crippen LogP contribution in [0.25, 0.3) is 0 Å². The predicted octanol–water partition coefficient (Wildman–Crippen LogP) is 1.05. The highest BCUT2D eigenvalue weighted by Crippen LogP contribution is 2.32.